The predicted molar refractivity (Wildman–Crippen MR) is 87.2 cm³/mol. The van der Waals surface area contributed by atoms with Crippen LogP contribution in [0.25, 0.3) is 16.6 Å². The third-order valence-electron chi connectivity index (χ3n) is 4.07. The van der Waals surface area contributed by atoms with E-state index in [2.05, 4.69) is 4.98 Å². The van der Waals surface area contributed by atoms with Crippen LogP contribution >= 0.6 is 11.6 Å². The fourth-order valence-corrected chi connectivity index (χ4v) is 3.02. The Kier molecular flexibility index (Phi) is 2.94. The van der Waals surface area contributed by atoms with Crippen molar-refractivity contribution in [3.63, 3.8) is 0 Å². The van der Waals surface area contributed by atoms with Crippen LogP contribution in [0.3, 0.4) is 0 Å². The minimum Gasteiger partial charge on any atom is -0.273 e. The van der Waals surface area contributed by atoms with Crippen LogP contribution < -0.4 is 11.2 Å². The molecular weight excluding hydrogens is 300 g/mol. The number of aromatic amines is 1. The monoisotopic (exact) mass is 312 g/mol. The van der Waals surface area contributed by atoms with Gasteiger partial charge in [-0.05, 0) is 48.6 Å². The van der Waals surface area contributed by atoms with Crippen LogP contribution in [0.2, 0.25) is 5.02 Å². The lowest BCUT2D eigenvalue weighted by atomic mass is 10.1. The molecule has 0 radical (unpaired) electrons. The van der Waals surface area contributed by atoms with Crippen LogP contribution in [0.1, 0.15) is 24.3 Å². The van der Waals surface area contributed by atoms with Gasteiger partial charge in [-0.15, -0.1) is 0 Å². The van der Waals surface area contributed by atoms with Crippen molar-refractivity contribution in [3.05, 3.63) is 73.9 Å². The van der Waals surface area contributed by atoms with E-state index in [1.54, 1.807) is 24.3 Å². The van der Waals surface area contributed by atoms with Crippen molar-refractivity contribution in [3.8, 4) is 5.69 Å². The van der Waals surface area contributed by atoms with Gasteiger partial charge in [0.1, 0.15) is 0 Å². The zero-order valence-electron chi connectivity index (χ0n) is 11.7. The number of nitrogens with zero attached hydrogens (tertiary/aromatic N) is 1. The van der Waals surface area contributed by atoms with Crippen molar-refractivity contribution in [1.29, 1.82) is 0 Å². The highest BCUT2D eigenvalue weighted by atomic mass is 35.5. The lowest BCUT2D eigenvalue weighted by Gasteiger charge is -2.12. The second-order valence-corrected chi connectivity index (χ2v) is 6.00. The van der Waals surface area contributed by atoms with Gasteiger partial charge in [-0.2, -0.15) is 0 Å². The van der Waals surface area contributed by atoms with Gasteiger partial charge in [0.25, 0.3) is 5.56 Å². The van der Waals surface area contributed by atoms with Crippen molar-refractivity contribution >= 4 is 22.5 Å². The highest BCUT2D eigenvalue weighted by Crippen LogP contribution is 2.40. The molecular formula is C17H13ClN2O2. The molecule has 5 heteroatoms. The van der Waals surface area contributed by atoms with E-state index >= 15 is 0 Å². The zero-order chi connectivity index (χ0) is 15.3. The number of rotatable bonds is 2. The Bertz CT molecular complexity index is 999. The number of benzene rings is 2. The normalized spacial score (nSPS) is 14.4. The number of fused-ring (bicyclic) bond motifs is 1. The van der Waals surface area contributed by atoms with E-state index in [1.165, 1.54) is 10.1 Å². The molecule has 0 bridgehead atoms. The lowest BCUT2D eigenvalue weighted by molar-refractivity contribution is 0.940. The average molecular weight is 313 g/mol. The number of H-pyrrole nitrogens is 1. The zero-order valence-corrected chi connectivity index (χ0v) is 12.4. The van der Waals surface area contributed by atoms with Crippen LogP contribution in [0.15, 0.2) is 52.1 Å². The Morgan fingerprint density at radius 3 is 2.59 bits per heavy atom. The predicted octanol–water partition coefficient (Wildman–Crippen LogP) is 3.21. The first-order chi connectivity index (χ1) is 10.6. The molecule has 1 aliphatic carbocycles. The summed E-state index contributed by atoms with van der Waals surface area (Å²) in [4.78, 5) is 26.8. The van der Waals surface area contributed by atoms with Crippen molar-refractivity contribution in [2.75, 3.05) is 0 Å². The summed E-state index contributed by atoms with van der Waals surface area (Å²) in [6, 6.07) is 12.8. The average Bonchev–Trinajstić information content (AvgIpc) is 3.33. The van der Waals surface area contributed by atoms with Gasteiger partial charge in [-0.3, -0.25) is 14.3 Å². The Balaban J connectivity index is 2.12. The number of aromatic nitrogens is 2. The fourth-order valence-electron chi connectivity index (χ4n) is 2.80. The largest absolute Gasteiger partial charge is 0.333 e. The highest BCUT2D eigenvalue weighted by Gasteiger charge is 2.24. The van der Waals surface area contributed by atoms with Gasteiger partial charge in [0.2, 0.25) is 0 Å². The van der Waals surface area contributed by atoms with Gasteiger partial charge in [0.05, 0.1) is 21.6 Å². The molecule has 4 nitrogen and oxygen atoms in total. The molecule has 0 saturated heterocycles. The SMILES string of the molecule is O=c1[nH]c(=O)n(-c2ccccc2Cl)c2cc(C3CC3)ccc12. The van der Waals surface area contributed by atoms with Gasteiger partial charge in [0, 0.05) is 0 Å². The Morgan fingerprint density at radius 1 is 1.09 bits per heavy atom. The second kappa shape index (κ2) is 4.85. The summed E-state index contributed by atoms with van der Waals surface area (Å²) in [5.41, 5.74) is 1.50. The maximum absolute atomic E-state index is 12.4. The molecule has 0 spiro atoms. The minimum absolute atomic E-state index is 0.370. The van der Waals surface area contributed by atoms with Gasteiger partial charge in [0.15, 0.2) is 0 Å². The maximum atomic E-state index is 12.4. The molecule has 1 fully saturated rings. The molecule has 4 rings (SSSR count). The third-order valence-corrected chi connectivity index (χ3v) is 4.39. The van der Waals surface area contributed by atoms with Crippen LogP contribution in [0.4, 0.5) is 0 Å². The Hall–Kier alpha value is -2.33. The van der Waals surface area contributed by atoms with Crippen molar-refractivity contribution in [1.82, 2.24) is 9.55 Å². The lowest BCUT2D eigenvalue weighted by Crippen LogP contribution is -2.29. The number of hydrogen-bond donors (Lipinski definition) is 1. The number of hydrogen-bond acceptors (Lipinski definition) is 2. The van der Waals surface area contributed by atoms with Crippen LogP contribution in [0, 0.1) is 0 Å². The smallest absolute Gasteiger partial charge is 0.273 e. The van der Waals surface area contributed by atoms with Crippen LogP contribution in [-0.4, -0.2) is 9.55 Å². The molecule has 0 aliphatic heterocycles. The van der Waals surface area contributed by atoms with Crippen molar-refractivity contribution in [2.24, 2.45) is 0 Å². The molecule has 0 atom stereocenters. The standard InChI is InChI=1S/C17H13ClN2O2/c18-13-3-1-2-4-14(13)20-15-9-11(10-5-6-10)7-8-12(15)16(21)19-17(20)22/h1-4,7-10H,5-6H2,(H,19,21,22). The molecule has 110 valence electrons. The van der Waals surface area contributed by atoms with E-state index in [0.29, 0.717) is 27.5 Å². The Labute approximate surface area is 131 Å². The number of halogens is 1. The molecule has 3 aromatic rings. The van der Waals surface area contributed by atoms with E-state index in [4.69, 9.17) is 11.6 Å². The second-order valence-electron chi connectivity index (χ2n) is 5.60. The number of nitrogens with one attached hydrogen (secondary N) is 1. The molecule has 1 aromatic heterocycles. The van der Waals surface area contributed by atoms with E-state index in [-0.39, 0.29) is 5.56 Å². The molecule has 1 heterocycles. The van der Waals surface area contributed by atoms with E-state index in [9.17, 15) is 9.59 Å². The summed E-state index contributed by atoms with van der Waals surface area (Å²) in [6.45, 7) is 0. The first kappa shape index (κ1) is 13.3. The molecule has 22 heavy (non-hydrogen) atoms. The molecule has 2 aromatic carbocycles. The summed E-state index contributed by atoms with van der Waals surface area (Å²) in [6.07, 6.45) is 2.32. The first-order valence-corrected chi connectivity index (χ1v) is 7.57. The summed E-state index contributed by atoms with van der Waals surface area (Å²) in [7, 11) is 0. The molecule has 0 unspecified atom stereocenters. The van der Waals surface area contributed by atoms with Gasteiger partial charge in [-0.1, -0.05) is 29.8 Å². The van der Waals surface area contributed by atoms with Crippen LogP contribution in [0.5, 0.6) is 0 Å². The minimum atomic E-state index is -0.474. The van der Waals surface area contributed by atoms with Crippen molar-refractivity contribution < 1.29 is 0 Å². The van der Waals surface area contributed by atoms with Crippen LogP contribution in [-0.2, 0) is 0 Å². The van der Waals surface area contributed by atoms with Gasteiger partial charge < -0.3 is 0 Å². The quantitative estimate of drug-likeness (QED) is 0.790. The highest BCUT2D eigenvalue weighted by molar-refractivity contribution is 6.32. The van der Waals surface area contributed by atoms with Gasteiger partial charge >= 0.3 is 5.69 Å². The summed E-state index contributed by atoms with van der Waals surface area (Å²) in [5, 5.41) is 0.957. The fraction of sp³-hybridized carbons (Fsp3) is 0.176. The molecule has 1 aliphatic rings. The summed E-state index contributed by atoms with van der Waals surface area (Å²) >= 11 is 6.23. The van der Waals surface area contributed by atoms with E-state index < -0.39 is 5.69 Å². The number of para-hydroxylation sites is 1. The van der Waals surface area contributed by atoms with E-state index in [0.717, 1.165) is 12.8 Å². The first-order valence-electron chi connectivity index (χ1n) is 7.19. The third kappa shape index (κ3) is 2.07. The maximum Gasteiger partial charge on any atom is 0.333 e. The van der Waals surface area contributed by atoms with E-state index in [1.807, 2.05) is 18.2 Å². The van der Waals surface area contributed by atoms with Gasteiger partial charge in [-0.25, -0.2) is 4.79 Å². The molecule has 1 N–H and O–H groups in total. The Morgan fingerprint density at radius 2 is 1.86 bits per heavy atom. The summed E-state index contributed by atoms with van der Waals surface area (Å²) < 4.78 is 1.48. The summed E-state index contributed by atoms with van der Waals surface area (Å²) in [5.74, 6) is 0.540. The molecule has 1 saturated carbocycles. The van der Waals surface area contributed by atoms with Crippen molar-refractivity contribution in [2.45, 2.75) is 18.8 Å². The topological polar surface area (TPSA) is 54.9 Å². The molecule has 0 amide bonds.